The summed E-state index contributed by atoms with van der Waals surface area (Å²) in [5.41, 5.74) is 20.4. The van der Waals surface area contributed by atoms with Crippen molar-refractivity contribution in [1.29, 1.82) is 0 Å². The van der Waals surface area contributed by atoms with Crippen molar-refractivity contribution in [2.75, 3.05) is 0 Å². The molecule has 2 aromatic heterocycles. The number of benzene rings is 9. The fourth-order valence-corrected chi connectivity index (χ4v) is 9.93. The van der Waals surface area contributed by atoms with Crippen LogP contribution in [-0.2, 0) is 5.41 Å². The highest BCUT2D eigenvalue weighted by molar-refractivity contribution is 6.11. The van der Waals surface area contributed by atoms with Crippen molar-refractivity contribution in [1.82, 2.24) is 14.5 Å². The average Bonchev–Trinajstić information content (AvgIpc) is 3.81. The highest BCUT2D eigenvalue weighted by atomic mass is 15.0. The van der Waals surface area contributed by atoms with Gasteiger partial charge < -0.3 is 4.57 Å². The van der Waals surface area contributed by atoms with Crippen LogP contribution in [0.2, 0.25) is 0 Å². The van der Waals surface area contributed by atoms with Crippen molar-refractivity contribution in [2.24, 2.45) is 0 Å². The molecule has 2 heterocycles. The Balaban J connectivity index is 1.06. The summed E-state index contributed by atoms with van der Waals surface area (Å²) in [4.78, 5) is 10.8. The number of rotatable bonds is 7. The first-order chi connectivity index (χ1) is 31.5. The van der Waals surface area contributed by atoms with E-state index in [9.17, 15) is 0 Å². The largest absolute Gasteiger partial charge is 0.309 e. The lowest BCUT2D eigenvalue weighted by Gasteiger charge is -2.22. The second-order valence-electron chi connectivity index (χ2n) is 17.4. The Kier molecular flexibility index (Phi) is 8.84. The zero-order chi connectivity index (χ0) is 42.8. The van der Waals surface area contributed by atoms with E-state index in [4.69, 9.17) is 9.97 Å². The predicted molar refractivity (Wildman–Crippen MR) is 267 cm³/mol. The van der Waals surface area contributed by atoms with Crippen LogP contribution in [0.5, 0.6) is 0 Å². The number of hydrogen-bond acceptors (Lipinski definition) is 2. The van der Waals surface area contributed by atoms with Crippen LogP contribution in [0.25, 0.3) is 106 Å². The summed E-state index contributed by atoms with van der Waals surface area (Å²) < 4.78 is 2.37. The first kappa shape index (κ1) is 37.6. The summed E-state index contributed by atoms with van der Waals surface area (Å²) in [5.74, 6) is 0.683. The molecule has 0 atom stereocenters. The Morgan fingerprint density at radius 1 is 0.328 bits per heavy atom. The van der Waals surface area contributed by atoms with Gasteiger partial charge in [-0.05, 0) is 122 Å². The summed E-state index contributed by atoms with van der Waals surface area (Å²) in [6, 6.07) is 80.9. The van der Waals surface area contributed by atoms with Gasteiger partial charge in [0.25, 0.3) is 0 Å². The molecule has 0 spiro atoms. The van der Waals surface area contributed by atoms with Crippen molar-refractivity contribution >= 4 is 21.8 Å². The third kappa shape index (κ3) is 6.36. The van der Waals surface area contributed by atoms with Crippen LogP contribution in [0.4, 0.5) is 0 Å². The van der Waals surface area contributed by atoms with Gasteiger partial charge in [-0.15, -0.1) is 0 Å². The first-order valence-electron chi connectivity index (χ1n) is 22.1. The summed E-state index contributed by atoms with van der Waals surface area (Å²) >= 11 is 0. The van der Waals surface area contributed by atoms with E-state index >= 15 is 0 Å². The SMILES string of the molecule is CC1(C)c2ccccc2-c2ccc(-c3cc(-c4ccccc4)cc(-c4nc(-c5ccccc5)cc(-c5ccc6c(c5)c5cc(-c7ccccc7)ccc5n6-c5ccccc5)n4)c3)cc21. The maximum atomic E-state index is 5.48. The molecule has 0 unspecified atom stereocenters. The fraction of sp³-hybridized carbons (Fsp3) is 0.0492. The Hall–Kier alpha value is -8.14. The van der Waals surface area contributed by atoms with Gasteiger partial charge in [0.05, 0.1) is 22.4 Å². The van der Waals surface area contributed by atoms with Crippen LogP contribution in [0.1, 0.15) is 25.0 Å². The Bertz CT molecular complexity index is 3550. The molecule has 0 radical (unpaired) electrons. The Morgan fingerprint density at radius 2 is 0.797 bits per heavy atom. The topological polar surface area (TPSA) is 30.7 Å². The van der Waals surface area contributed by atoms with Gasteiger partial charge >= 0.3 is 0 Å². The smallest absolute Gasteiger partial charge is 0.160 e. The highest BCUT2D eigenvalue weighted by Crippen LogP contribution is 2.50. The summed E-state index contributed by atoms with van der Waals surface area (Å²) in [7, 11) is 0. The maximum absolute atomic E-state index is 5.48. The summed E-state index contributed by atoms with van der Waals surface area (Å²) in [6.07, 6.45) is 0. The lowest BCUT2D eigenvalue weighted by Crippen LogP contribution is -2.14. The fourth-order valence-electron chi connectivity index (χ4n) is 9.93. The molecular weight excluding hydrogens is 775 g/mol. The molecule has 11 aromatic rings. The average molecular weight is 818 g/mol. The third-order valence-corrected chi connectivity index (χ3v) is 13.2. The number of aromatic nitrogens is 3. The Morgan fingerprint density at radius 3 is 1.47 bits per heavy atom. The molecule has 0 bridgehead atoms. The zero-order valence-electron chi connectivity index (χ0n) is 35.7. The van der Waals surface area contributed by atoms with Crippen LogP contribution in [-0.4, -0.2) is 14.5 Å². The second kappa shape index (κ2) is 15.0. The van der Waals surface area contributed by atoms with Crippen LogP contribution in [0.3, 0.4) is 0 Å². The van der Waals surface area contributed by atoms with E-state index in [1.807, 2.05) is 0 Å². The standard InChI is InChI=1S/C61H43N3/c1-61(2)54-26-16-15-25-50(54)51-30-27-44(38-55(51)61)47-33-46(41-19-9-4-10-20-41)34-48(35-47)60-62-56(42-21-11-5-12-22-42)39-57(63-60)45-29-32-59-53(37-45)52-36-43(40-17-7-3-8-18-40)28-31-58(52)64(59)49-23-13-6-14-24-49/h3-39H,1-2H3. The molecule has 64 heavy (non-hydrogen) atoms. The highest BCUT2D eigenvalue weighted by Gasteiger charge is 2.35. The second-order valence-corrected chi connectivity index (χ2v) is 17.4. The number of para-hydroxylation sites is 1. The van der Waals surface area contributed by atoms with Gasteiger partial charge in [-0.3, -0.25) is 0 Å². The van der Waals surface area contributed by atoms with E-state index < -0.39 is 0 Å². The van der Waals surface area contributed by atoms with E-state index in [0.717, 1.165) is 61.5 Å². The minimum absolute atomic E-state index is 0.110. The predicted octanol–water partition coefficient (Wildman–Crippen LogP) is 15.9. The van der Waals surface area contributed by atoms with Crippen molar-refractivity contribution in [3.63, 3.8) is 0 Å². The monoisotopic (exact) mass is 817 g/mol. The van der Waals surface area contributed by atoms with Crippen molar-refractivity contribution in [3.8, 4) is 84.1 Å². The molecular formula is C61H43N3. The van der Waals surface area contributed by atoms with E-state index in [1.54, 1.807) is 0 Å². The van der Waals surface area contributed by atoms with E-state index in [-0.39, 0.29) is 5.41 Å². The van der Waals surface area contributed by atoms with Gasteiger partial charge in [-0.1, -0.05) is 172 Å². The summed E-state index contributed by atoms with van der Waals surface area (Å²) in [6.45, 7) is 4.69. The van der Waals surface area contributed by atoms with Crippen LogP contribution in [0, 0.1) is 0 Å². The minimum Gasteiger partial charge on any atom is -0.309 e. The van der Waals surface area contributed by atoms with Gasteiger partial charge in [0, 0.05) is 38.6 Å². The van der Waals surface area contributed by atoms with E-state index in [1.165, 1.54) is 49.7 Å². The van der Waals surface area contributed by atoms with Gasteiger partial charge in [-0.2, -0.15) is 0 Å². The Labute approximate surface area is 373 Å². The van der Waals surface area contributed by atoms with E-state index in [2.05, 4.69) is 243 Å². The first-order valence-corrected chi connectivity index (χ1v) is 22.1. The molecule has 1 aliphatic carbocycles. The number of nitrogens with zero attached hydrogens (tertiary/aromatic N) is 3. The molecule has 0 amide bonds. The number of fused-ring (bicyclic) bond motifs is 6. The normalized spacial score (nSPS) is 12.7. The zero-order valence-corrected chi connectivity index (χ0v) is 35.7. The molecule has 302 valence electrons. The molecule has 1 aliphatic rings. The lowest BCUT2D eigenvalue weighted by molar-refractivity contribution is 0.660. The molecule has 0 saturated heterocycles. The van der Waals surface area contributed by atoms with Crippen molar-refractivity contribution in [3.05, 3.63) is 236 Å². The third-order valence-electron chi connectivity index (χ3n) is 13.2. The van der Waals surface area contributed by atoms with Gasteiger partial charge in [0.15, 0.2) is 5.82 Å². The van der Waals surface area contributed by atoms with Gasteiger partial charge in [-0.25, -0.2) is 9.97 Å². The van der Waals surface area contributed by atoms with Crippen molar-refractivity contribution < 1.29 is 0 Å². The lowest BCUT2D eigenvalue weighted by atomic mass is 9.81. The molecule has 0 N–H and O–H groups in total. The van der Waals surface area contributed by atoms with Crippen LogP contribution >= 0.6 is 0 Å². The van der Waals surface area contributed by atoms with Gasteiger partial charge in [0.2, 0.25) is 0 Å². The molecule has 0 fully saturated rings. The maximum Gasteiger partial charge on any atom is 0.160 e. The van der Waals surface area contributed by atoms with Crippen LogP contribution in [0.15, 0.2) is 224 Å². The van der Waals surface area contributed by atoms with E-state index in [0.29, 0.717) is 5.82 Å². The van der Waals surface area contributed by atoms with Crippen molar-refractivity contribution in [2.45, 2.75) is 19.3 Å². The minimum atomic E-state index is -0.110. The van der Waals surface area contributed by atoms with Gasteiger partial charge in [0.1, 0.15) is 0 Å². The summed E-state index contributed by atoms with van der Waals surface area (Å²) in [5, 5.41) is 2.37. The molecule has 3 heteroatoms. The molecule has 12 rings (SSSR count). The number of hydrogen-bond donors (Lipinski definition) is 0. The molecule has 9 aromatic carbocycles. The molecule has 0 saturated carbocycles. The molecule has 3 nitrogen and oxygen atoms in total. The molecule has 0 aliphatic heterocycles. The quantitative estimate of drug-likeness (QED) is 0.160. The van der Waals surface area contributed by atoms with Crippen LogP contribution < -0.4 is 0 Å².